The molecule has 0 N–H and O–H groups in total. The van der Waals surface area contributed by atoms with Gasteiger partial charge < -0.3 is 14.5 Å². The lowest BCUT2D eigenvalue weighted by Crippen LogP contribution is -2.45. The number of fused-ring (bicyclic) bond motifs is 3. The lowest BCUT2D eigenvalue weighted by molar-refractivity contribution is -0.119. The van der Waals surface area contributed by atoms with Crippen LogP contribution in [0.4, 0.5) is 4.79 Å². The quantitative estimate of drug-likeness (QED) is 0.704. The molecule has 3 rings (SSSR count). The van der Waals surface area contributed by atoms with E-state index in [9.17, 15) is 14.4 Å². The van der Waals surface area contributed by atoms with Gasteiger partial charge in [0.05, 0.1) is 18.8 Å². The molecule has 0 aliphatic carbocycles. The molecule has 8 heteroatoms. The number of ether oxygens (including phenoxy) is 1. The first-order valence-corrected chi connectivity index (χ1v) is 8.42. The maximum atomic E-state index is 12.7. The molecule has 2 aliphatic rings. The Bertz CT molecular complexity index is 747. The number of aromatic nitrogens is 2. The van der Waals surface area contributed by atoms with Crippen molar-refractivity contribution in [1.82, 2.24) is 19.6 Å². The molecule has 0 saturated carbocycles. The Kier molecular flexibility index (Phi) is 4.09. The molecular weight excluding hydrogens is 324 g/mol. The number of carbonyl (C=O) groups excluding carboxylic acids is 3. The Morgan fingerprint density at radius 3 is 2.52 bits per heavy atom. The second-order valence-corrected chi connectivity index (χ2v) is 7.79. The summed E-state index contributed by atoms with van der Waals surface area (Å²) in [6.07, 6.45) is 0.121. The molecule has 1 aromatic rings. The normalized spacial score (nSPS) is 20.9. The van der Waals surface area contributed by atoms with Crippen molar-refractivity contribution in [1.29, 1.82) is 0 Å². The highest BCUT2D eigenvalue weighted by Crippen LogP contribution is 2.28. The lowest BCUT2D eigenvalue weighted by atomic mass is 9.99. The molecule has 0 unspecified atom stereocenters. The van der Waals surface area contributed by atoms with Crippen LogP contribution in [0, 0.1) is 0 Å². The smallest absolute Gasteiger partial charge is 0.410 e. The number of nitrogens with zero attached hydrogens (tertiary/aromatic N) is 4. The van der Waals surface area contributed by atoms with Crippen LogP contribution in [0.15, 0.2) is 0 Å². The fraction of sp³-hybridized carbons (Fsp3) is 0.647. The molecule has 8 nitrogen and oxygen atoms in total. The molecule has 1 aromatic heterocycles. The van der Waals surface area contributed by atoms with Crippen LogP contribution < -0.4 is 0 Å². The van der Waals surface area contributed by atoms with Crippen LogP contribution in [-0.4, -0.2) is 62.6 Å². The Labute approximate surface area is 146 Å². The van der Waals surface area contributed by atoms with E-state index in [0.717, 1.165) is 11.3 Å². The first-order valence-electron chi connectivity index (χ1n) is 8.42. The summed E-state index contributed by atoms with van der Waals surface area (Å²) in [5.74, 6) is -0.301. The molecule has 25 heavy (non-hydrogen) atoms. The summed E-state index contributed by atoms with van der Waals surface area (Å²) in [5.41, 5.74) is 1.31. The minimum absolute atomic E-state index is 0.0634. The summed E-state index contributed by atoms with van der Waals surface area (Å²) in [6, 6.07) is -0.0926. The minimum Gasteiger partial charge on any atom is -0.444 e. The van der Waals surface area contributed by atoms with Crippen molar-refractivity contribution >= 4 is 17.8 Å². The number of Topliss-reactive ketones (excluding diaryl/α,β-unsaturated/α-hetero) is 1. The number of hydrogen-bond donors (Lipinski definition) is 0. The zero-order valence-electron chi connectivity index (χ0n) is 15.3. The average Bonchev–Trinajstić information content (AvgIpc) is 2.74. The van der Waals surface area contributed by atoms with Crippen molar-refractivity contribution in [2.45, 2.75) is 58.8 Å². The van der Waals surface area contributed by atoms with Crippen LogP contribution >= 0.6 is 0 Å². The Morgan fingerprint density at radius 1 is 1.20 bits per heavy atom. The van der Waals surface area contributed by atoms with Gasteiger partial charge in [0.15, 0.2) is 5.78 Å². The van der Waals surface area contributed by atoms with Gasteiger partial charge in [-0.3, -0.25) is 14.3 Å². The highest BCUT2D eigenvalue weighted by Gasteiger charge is 2.37. The fourth-order valence-electron chi connectivity index (χ4n) is 3.25. The van der Waals surface area contributed by atoms with Gasteiger partial charge in [0, 0.05) is 25.1 Å². The molecule has 0 fully saturated rings. The molecule has 0 radical (unpaired) electrons. The van der Waals surface area contributed by atoms with Gasteiger partial charge in [0.1, 0.15) is 17.8 Å². The molecule has 0 saturated heterocycles. The molecule has 2 aliphatic heterocycles. The van der Waals surface area contributed by atoms with Crippen LogP contribution in [0.3, 0.4) is 0 Å². The topological polar surface area (TPSA) is 84.7 Å². The van der Waals surface area contributed by atoms with E-state index >= 15 is 0 Å². The van der Waals surface area contributed by atoms with Crippen molar-refractivity contribution in [2.24, 2.45) is 0 Å². The van der Waals surface area contributed by atoms with Crippen LogP contribution in [0.1, 0.15) is 49.4 Å². The first-order chi connectivity index (χ1) is 11.6. The van der Waals surface area contributed by atoms with E-state index in [0.29, 0.717) is 12.1 Å². The summed E-state index contributed by atoms with van der Waals surface area (Å²) in [4.78, 5) is 40.2. The third-order valence-electron chi connectivity index (χ3n) is 4.40. The fourth-order valence-corrected chi connectivity index (χ4v) is 3.25. The second kappa shape index (κ2) is 5.86. The van der Waals surface area contributed by atoms with Gasteiger partial charge in [0.2, 0.25) is 0 Å². The van der Waals surface area contributed by atoms with E-state index in [2.05, 4.69) is 5.10 Å². The predicted octanol–water partition coefficient (Wildman–Crippen LogP) is 1.22. The highest BCUT2D eigenvalue weighted by molar-refractivity contribution is 5.98. The van der Waals surface area contributed by atoms with Gasteiger partial charge in [-0.05, 0) is 27.7 Å². The number of amides is 2. The third-order valence-corrected chi connectivity index (χ3v) is 4.40. The highest BCUT2D eigenvalue weighted by atomic mass is 16.6. The minimum atomic E-state index is -0.588. The number of ketones is 1. The maximum absolute atomic E-state index is 12.7. The SMILES string of the molecule is C[C@@H]1Cc2nn3c(c2CN1C(=O)OC(C)(C)C)C(=O)N(C)CC(=O)C3. The van der Waals surface area contributed by atoms with E-state index in [-0.39, 0.29) is 37.4 Å². The van der Waals surface area contributed by atoms with E-state index in [1.165, 1.54) is 9.58 Å². The number of rotatable bonds is 0. The van der Waals surface area contributed by atoms with Crippen molar-refractivity contribution < 1.29 is 19.1 Å². The van der Waals surface area contributed by atoms with Crippen molar-refractivity contribution in [2.75, 3.05) is 13.6 Å². The summed E-state index contributed by atoms with van der Waals surface area (Å²) in [7, 11) is 1.60. The predicted molar refractivity (Wildman–Crippen MR) is 89.1 cm³/mol. The van der Waals surface area contributed by atoms with E-state index in [4.69, 9.17) is 4.74 Å². The number of hydrogen-bond acceptors (Lipinski definition) is 5. The number of likely N-dealkylation sites (N-methyl/N-ethyl adjacent to an activating group) is 1. The Hall–Kier alpha value is -2.38. The molecule has 3 heterocycles. The number of carbonyl (C=O) groups is 3. The summed E-state index contributed by atoms with van der Waals surface area (Å²) < 4.78 is 6.97. The van der Waals surface area contributed by atoms with Gasteiger partial charge in [-0.15, -0.1) is 0 Å². The monoisotopic (exact) mass is 348 g/mol. The molecule has 0 aromatic carbocycles. The van der Waals surface area contributed by atoms with Crippen LogP contribution in [0.25, 0.3) is 0 Å². The van der Waals surface area contributed by atoms with Crippen molar-refractivity contribution in [3.05, 3.63) is 17.0 Å². The Balaban J connectivity index is 1.96. The third kappa shape index (κ3) is 3.25. The van der Waals surface area contributed by atoms with Crippen LogP contribution in [0.5, 0.6) is 0 Å². The summed E-state index contributed by atoms with van der Waals surface area (Å²) >= 11 is 0. The second-order valence-electron chi connectivity index (χ2n) is 7.79. The standard InChI is InChI=1S/C17H24N4O4/c1-10-6-13-12(9-20(10)16(24)25-17(2,3)4)14-15(23)19(5)7-11(22)8-21(14)18-13/h10H,6-9H2,1-5H3/t10-/m1/s1. The van der Waals surface area contributed by atoms with Gasteiger partial charge in [-0.25, -0.2) is 4.79 Å². The van der Waals surface area contributed by atoms with E-state index in [1.807, 2.05) is 27.7 Å². The van der Waals surface area contributed by atoms with Gasteiger partial charge in [-0.1, -0.05) is 0 Å². The van der Waals surface area contributed by atoms with E-state index < -0.39 is 11.7 Å². The summed E-state index contributed by atoms with van der Waals surface area (Å²) in [5, 5.41) is 4.47. The van der Waals surface area contributed by atoms with Crippen LogP contribution in [-0.2, 0) is 29.0 Å². The average molecular weight is 348 g/mol. The molecule has 1 atom stereocenters. The van der Waals surface area contributed by atoms with Gasteiger partial charge >= 0.3 is 6.09 Å². The maximum Gasteiger partial charge on any atom is 0.410 e. The molecular formula is C17H24N4O4. The Morgan fingerprint density at radius 2 is 1.88 bits per heavy atom. The van der Waals surface area contributed by atoms with Gasteiger partial charge in [-0.2, -0.15) is 5.10 Å². The van der Waals surface area contributed by atoms with Gasteiger partial charge in [0.25, 0.3) is 5.91 Å². The first kappa shape index (κ1) is 17.4. The molecule has 2 amide bonds. The lowest BCUT2D eigenvalue weighted by Gasteiger charge is -2.34. The zero-order valence-corrected chi connectivity index (χ0v) is 15.3. The summed E-state index contributed by atoms with van der Waals surface area (Å²) in [6.45, 7) is 7.80. The van der Waals surface area contributed by atoms with Crippen molar-refractivity contribution in [3.8, 4) is 0 Å². The molecule has 0 bridgehead atoms. The molecule has 0 spiro atoms. The van der Waals surface area contributed by atoms with E-state index in [1.54, 1.807) is 11.9 Å². The van der Waals surface area contributed by atoms with Crippen molar-refractivity contribution in [3.63, 3.8) is 0 Å². The molecule has 136 valence electrons. The largest absolute Gasteiger partial charge is 0.444 e. The van der Waals surface area contributed by atoms with Crippen LogP contribution in [0.2, 0.25) is 0 Å². The zero-order chi connectivity index (χ0) is 18.5.